The molecule has 6 nitrogen and oxygen atoms in total. The average Bonchev–Trinajstić information content (AvgIpc) is 2.97. The third-order valence-corrected chi connectivity index (χ3v) is 5.56. The summed E-state index contributed by atoms with van der Waals surface area (Å²) < 4.78 is 5.39. The Labute approximate surface area is 165 Å². The number of fused-ring (bicyclic) bond motifs is 1. The molecule has 0 spiro atoms. The molecule has 1 unspecified atom stereocenters. The van der Waals surface area contributed by atoms with Crippen molar-refractivity contribution in [3.05, 3.63) is 65.0 Å². The van der Waals surface area contributed by atoms with Gasteiger partial charge in [0, 0.05) is 37.4 Å². The molecular formula is C22H25N3O3. The van der Waals surface area contributed by atoms with Gasteiger partial charge in [0.2, 0.25) is 5.91 Å². The van der Waals surface area contributed by atoms with Crippen LogP contribution in [0.5, 0.6) is 0 Å². The summed E-state index contributed by atoms with van der Waals surface area (Å²) in [6, 6.07) is 14.0. The highest BCUT2D eigenvalue weighted by Crippen LogP contribution is 2.32. The number of ether oxygens (including phenoxy) is 1. The quantitative estimate of drug-likeness (QED) is 0.819. The number of amides is 2. The van der Waals surface area contributed by atoms with Crippen molar-refractivity contribution in [2.24, 2.45) is 0 Å². The molecule has 3 heterocycles. The van der Waals surface area contributed by atoms with Crippen molar-refractivity contribution in [2.45, 2.75) is 32.2 Å². The van der Waals surface area contributed by atoms with Gasteiger partial charge in [0.15, 0.2) is 0 Å². The predicted octanol–water partition coefficient (Wildman–Crippen LogP) is 2.52. The Morgan fingerprint density at radius 1 is 1.11 bits per heavy atom. The number of piperazine rings is 1. The van der Waals surface area contributed by atoms with E-state index >= 15 is 0 Å². The lowest BCUT2D eigenvalue weighted by Crippen LogP contribution is -2.63. The molecule has 2 aliphatic rings. The van der Waals surface area contributed by atoms with Gasteiger partial charge in [-0.25, -0.2) is 4.79 Å². The van der Waals surface area contributed by atoms with Crippen LogP contribution in [0.4, 0.5) is 4.79 Å². The van der Waals surface area contributed by atoms with E-state index in [9.17, 15) is 9.59 Å². The zero-order valence-electron chi connectivity index (χ0n) is 16.4. The summed E-state index contributed by atoms with van der Waals surface area (Å²) in [5, 5.41) is 0. The van der Waals surface area contributed by atoms with E-state index in [0.29, 0.717) is 39.1 Å². The van der Waals surface area contributed by atoms with Crippen molar-refractivity contribution in [3.63, 3.8) is 0 Å². The first kappa shape index (κ1) is 18.5. The number of carbonyl (C=O) groups excluding carboxylic acids is 2. The van der Waals surface area contributed by atoms with E-state index in [1.807, 2.05) is 54.0 Å². The highest BCUT2D eigenvalue weighted by molar-refractivity contribution is 5.80. The van der Waals surface area contributed by atoms with E-state index in [2.05, 4.69) is 17.1 Å². The van der Waals surface area contributed by atoms with E-state index in [4.69, 9.17) is 4.74 Å². The van der Waals surface area contributed by atoms with Gasteiger partial charge in [-0.1, -0.05) is 30.3 Å². The first-order valence-corrected chi connectivity index (χ1v) is 9.65. The van der Waals surface area contributed by atoms with Gasteiger partial charge in [-0.3, -0.25) is 14.7 Å². The molecule has 0 radical (unpaired) electrons. The molecule has 2 fully saturated rings. The second kappa shape index (κ2) is 7.26. The minimum Gasteiger partial charge on any atom is -0.447 e. The van der Waals surface area contributed by atoms with Gasteiger partial charge in [-0.05, 0) is 37.1 Å². The fourth-order valence-electron chi connectivity index (χ4n) is 4.36. The molecule has 146 valence electrons. The van der Waals surface area contributed by atoms with Crippen molar-refractivity contribution >= 4 is 12.0 Å². The van der Waals surface area contributed by atoms with Crippen molar-refractivity contribution in [2.75, 3.05) is 26.2 Å². The van der Waals surface area contributed by atoms with Crippen LogP contribution in [0.1, 0.15) is 22.5 Å². The summed E-state index contributed by atoms with van der Waals surface area (Å²) in [5.74, 6) is 0.0800. The molecule has 0 aliphatic carbocycles. The van der Waals surface area contributed by atoms with Crippen LogP contribution in [0.3, 0.4) is 0 Å². The summed E-state index contributed by atoms with van der Waals surface area (Å²) in [6.45, 7) is 5.74. The summed E-state index contributed by atoms with van der Waals surface area (Å²) in [6.07, 6.45) is 0.750. The molecule has 1 atom stereocenters. The highest BCUT2D eigenvalue weighted by atomic mass is 16.6. The Morgan fingerprint density at radius 2 is 1.82 bits per heavy atom. The maximum atomic E-state index is 13.0. The maximum Gasteiger partial charge on any atom is 0.410 e. The molecule has 4 rings (SSSR count). The summed E-state index contributed by atoms with van der Waals surface area (Å²) in [4.78, 5) is 33.3. The van der Waals surface area contributed by atoms with E-state index in [1.165, 1.54) is 0 Å². The monoisotopic (exact) mass is 379 g/mol. The molecule has 28 heavy (non-hydrogen) atoms. The van der Waals surface area contributed by atoms with Crippen LogP contribution in [-0.2, 0) is 22.4 Å². The lowest BCUT2D eigenvalue weighted by atomic mass is 9.88. The number of aromatic nitrogens is 1. The molecule has 1 aromatic carbocycles. The lowest BCUT2D eigenvalue weighted by Gasteiger charge is -2.44. The Balaban J connectivity index is 1.53. The second-order valence-corrected chi connectivity index (χ2v) is 7.84. The number of cyclic esters (lactones) is 1. The SMILES string of the molecule is Cc1cc(CC(=O)N2CCN3C(=O)OCC3(Cc3ccccc3)C2)cc(C)n1. The van der Waals surface area contributed by atoms with Crippen LogP contribution in [0, 0.1) is 13.8 Å². The van der Waals surface area contributed by atoms with Crippen molar-refractivity contribution in [3.8, 4) is 0 Å². The summed E-state index contributed by atoms with van der Waals surface area (Å²) in [7, 11) is 0. The van der Waals surface area contributed by atoms with Gasteiger partial charge in [0.25, 0.3) is 0 Å². The highest BCUT2D eigenvalue weighted by Gasteiger charge is 2.51. The van der Waals surface area contributed by atoms with E-state index in [1.54, 1.807) is 0 Å². The summed E-state index contributed by atoms with van der Waals surface area (Å²) in [5.41, 5.74) is 3.47. The van der Waals surface area contributed by atoms with Gasteiger partial charge < -0.3 is 9.64 Å². The van der Waals surface area contributed by atoms with Gasteiger partial charge in [-0.2, -0.15) is 0 Å². The summed E-state index contributed by atoms with van der Waals surface area (Å²) >= 11 is 0. The molecule has 2 aromatic rings. The predicted molar refractivity (Wildman–Crippen MR) is 105 cm³/mol. The lowest BCUT2D eigenvalue weighted by molar-refractivity contribution is -0.134. The normalized spacial score (nSPS) is 21.4. The first-order valence-electron chi connectivity index (χ1n) is 9.65. The molecular weight excluding hydrogens is 354 g/mol. The number of hydrogen-bond acceptors (Lipinski definition) is 4. The van der Waals surface area contributed by atoms with Gasteiger partial charge in [0.1, 0.15) is 12.1 Å². The van der Waals surface area contributed by atoms with Crippen molar-refractivity contribution in [1.82, 2.24) is 14.8 Å². The van der Waals surface area contributed by atoms with Gasteiger partial charge >= 0.3 is 6.09 Å². The third kappa shape index (κ3) is 3.59. The fourth-order valence-corrected chi connectivity index (χ4v) is 4.36. The number of hydrogen-bond donors (Lipinski definition) is 0. The topological polar surface area (TPSA) is 62.7 Å². The number of benzene rings is 1. The fraction of sp³-hybridized carbons (Fsp3) is 0.409. The van der Waals surface area contributed by atoms with Crippen molar-refractivity contribution in [1.29, 1.82) is 0 Å². The Bertz CT molecular complexity index is 879. The van der Waals surface area contributed by atoms with Crippen LogP contribution >= 0.6 is 0 Å². The van der Waals surface area contributed by atoms with Crippen LogP contribution in [-0.4, -0.2) is 58.6 Å². The van der Waals surface area contributed by atoms with E-state index in [-0.39, 0.29) is 12.0 Å². The third-order valence-electron chi connectivity index (χ3n) is 5.56. The number of pyridine rings is 1. The van der Waals surface area contributed by atoms with Gasteiger partial charge in [0.05, 0.1) is 6.42 Å². The van der Waals surface area contributed by atoms with E-state index in [0.717, 1.165) is 22.5 Å². The van der Waals surface area contributed by atoms with Crippen LogP contribution in [0.2, 0.25) is 0 Å². The van der Waals surface area contributed by atoms with Crippen LogP contribution in [0.25, 0.3) is 0 Å². The average molecular weight is 379 g/mol. The Morgan fingerprint density at radius 3 is 2.54 bits per heavy atom. The van der Waals surface area contributed by atoms with E-state index < -0.39 is 5.54 Å². The molecule has 2 aliphatic heterocycles. The standard InChI is InChI=1S/C22H25N3O3/c1-16-10-19(11-17(2)23-16)12-20(26)24-8-9-25-21(27)28-15-22(25,14-24)13-18-6-4-3-5-7-18/h3-7,10-11H,8-9,12-15H2,1-2H3. The largest absolute Gasteiger partial charge is 0.447 e. The molecule has 2 amide bonds. The van der Waals surface area contributed by atoms with Crippen molar-refractivity contribution < 1.29 is 14.3 Å². The zero-order valence-corrected chi connectivity index (χ0v) is 16.4. The molecule has 2 saturated heterocycles. The maximum absolute atomic E-state index is 13.0. The molecule has 0 saturated carbocycles. The Hall–Kier alpha value is -2.89. The number of nitrogens with zero attached hydrogens (tertiary/aromatic N) is 3. The molecule has 6 heteroatoms. The van der Waals surface area contributed by atoms with Gasteiger partial charge in [-0.15, -0.1) is 0 Å². The smallest absolute Gasteiger partial charge is 0.410 e. The number of aryl methyl sites for hydroxylation is 2. The minimum absolute atomic E-state index is 0.0800. The van der Waals surface area contributed by atoms with Crippen LogP contribution < -0.4 is 0 Å². The molecule has 0 N–H and O–H groups in total. The second-order valence-electron chi connectivity index (χ2n) is 7.84. The Kier molecular flexibility index (Phi) is 4.79. The minimum atomic E-state index is -0.490. The molecule has 0 bridgehead atoms. The number of carbonyl (C=O) groups is 2. The van der Waals surface area contributed by atoms with Crippen LogP contribution in [0.15, 0.2) is 42.5 Å². The molecule has 1 aromatic heterocycles. The number of rotatable bonds is 4. The zero-order chi connectivity index (χ0) is 19.7. The first-order chi connectivity index (χ1) is 13.4.